The Morgan fingerprint density at radius 3 is 2.71 bits per heavy atom. The van der Waals surface area contributed by atoms with Gasteiger partial charge in [-0.2, -0.15) is 0 Å². The minimum Gasteiger partial charge on any atom is -0.497 e. The fraction of sp³-hybridized carbons (Fsp3) is 0.400. The van der Waals surface area contributed by atoms with E-state index < -0.39 is 6.10 Å². The molecule has 0 bridgehead atoms. The predicted octanol–water partition coefficient (Wildman–Crippen LogP) is 1.87. The van der Waals surface area contributed by atoms with Crippen molar-refractivity contribution >= 4 is 6.03 Å². The van der Waals surface area contributed by atoms with Crippen molar-refractivity contribution in [3.8, 4) is 11.6 Å². The van der Waals surface area contributed by atoms with Crippen molar-refractivity contribution in [1.29, 1.82) is 0 Å². The van der Waals surface area contributed by atoms with E-state index in [1.165, 1.54) is 0 Å². The van der Waals surface area contributed by atoms with Gasteiger partial charge in [0, 0.05) is 24.8 Å². The first kappa shape index (κ1) is 21.5. The maximum absolute atomic E-state index is 11.9. The molecule has 0 saturated carbocycles. The number of hydrogen-bond donors (Lipinski definition) is 3. The van der Waals surface area contributed by atoms with Gasteiger partial charge in [-0.05, 0) is 30.7 Å². The summed E-state index contributed by atoms with van der Waals surface area (Å²) in [7, 11) is 1.61. The number of urea groups is 1. The van der Waals surface area contributed by atoms with E-state index in [0.717, 1.165) is 16.9 Å². The highest BCUT2D eigenvalue weighted by Crippen LogP contribution is 2.14. The Balaban J connectivity index is 1.63. The molecule has 2 aromatic rings. The number of carbonyl (C=O) groups is 1. The van der Waals surface area contributed by atoms with Gasteiger partial charge in [0.1, 0.15) is 5.75 Å². The summed E-state index contributed by atoms with van der Waals surface area (Å²) >= 11 is 0. The lowest BCUT2D eigenvalue weighted by molar-refractivity contribution is 0.0300. The van der Waals surface area contributed by atoms with Gasteiger partial charge in [-0.15, -0.1) is 0 Å². The second kappa shape index (κ2) is 11.8. The van der Waals surface area contributed by atoms with Crippen molar-refractivity contribution in [2.45, 2.75) is 26.2 Å². The highest BCUT2D eigenvalue weighted by atomic mass is 16.5. The summed E-state index contributed by atoms with van der Waals surface area (Å²) in [4.78, 5) is 16.0. The van der Waals surface area contributed by atoms with Gasteiger partial charge < -0.3 is 30.0 Å². The van der Waals surface area contributed by atoms with Crippen LogP contribution in [-0.2, 0) is 17.9 Å². The molecule has 0 radical (unpaired) electrons. The molecule has 2 amide bonds. The number of pyridine rings is 1. The molecule has 8 nitrogen and oxygen atoms in total. The fourth-order valence-corrected chi connectivity index (χ4v) is 2.37. The van der Waals surface area contributed by atoms with Crippen LogP contribution in [0.2, 0.25) is 0 Å². The molecule has 0 spiro atoms. The summed E-state index contributed by atoms with van der Waals surface area (Å²) in [6.45, 7) is 3.21. The van der Waals surface area contributed by atoms with Crippen LogP contribution in [0, 0.1) is 0 Å². The molecule has 1 atom stereocenters. The van der Waals surface area contributed by atoms with E-state index in [1.807, 2.05) is 37.3 Å². The number of amides is 2. The number of nitrogens with one attached hydrogen (secondary N) is 2. The Labute approximate surface area is 164 Å². The molecule has 0 fully saturated rings. The van der Waals surface area contributed by atoms with Gasteiger partial charge in [0.2, 0.25) is 5.88 Å². The molecule has 8 heteroatoms. The van der Waals surface area contributed by atoms with Crippen molar-refractivity contribution < 1.29 is 24.1 Å². The molecule has 28 heavy (non-hydrogen) atoms. The van der Waals surface area contributed by atoms with Gasteiger partial charge in [0.05, 0.1) is 33.0 Å². The van der Waals surface area contributed by atoms with Crippen LogP contribution in [0.25, 0.3) is 0 Å². The molecule has 1 unspecified atom stereocenters. The molecule has 0 saturated heterocycles. The summed E-state index contributed by atoms with van der Waals surface area (Å²) in [5, 5.41) is 15.3. The maximum atomic E-state index is 11.9. The highest BCUT2D eigenvalue weighted by Gasteiger charge is 2.09. The van der Waals surface area contributed by atoms with E-state index in [2.05, 4.69) is 15.6 Å². The molecule has 0 aliphatic heterocycles. The minimum atomic E-state index is -0.804. The Bertz CT molecular complexity index is 724. The maximum Gasteiger partial charge on any atom is 0.315 e. The minimum absolute atomic E-state index is 0.0831. The average molecular weight is 389 g/mol. The van der Waals surface area contributed by atoms with Crippen LogP contribution in [0.15, 0.2) is 42.6 Å². The number of nitrogens with zero attached hydrogens (tertiary/aromatic N) is 1. The van der Waals surface area contributed by atoms with E-state index in [0.29, 0.717) is 19.1 Å². The number of rotatable bonds is 11. The lowest BCUT2D eigenvalue weighted by Gasteiger charge is -2.14. The number of aliphatic hydroxyl groups is 1. The number of ether oxygens (including phenoxy) is 3. The van der Waals surface area contributed by atoms with Crippen LogP contribution in [0.3, 0.4) is 0 Å². The third-order valence-corrected chi connectivity index (χ3v) is 3.81. The van der Waals surface area contributed by atoms with Crippen molar-refractivity contribution in [2.75, 3.05) is 26.9 Å². The zero-order valence-electron chi connectivity index (χ0n) is 16.2. The Kier molecular flexibility index (Phi) is 9.03. The SMILES string of the molecule is CCOc1ncccc1CNC(=O)NCC(O)COCc1ccc(OC)cc1. The van der Waals surface area contributed by atoms with Crippen LogP contribution in [0.1, 0.15) is 18.1 Å². The van der Waals surface area contributed by atoms with E-state index in [-0.39, 0.29) is 25.7 Å². The second-order valence-corrected chi connectivity index (χ2v) is 5.98. The molecule has 1 heterocycles. The lowest BCUT2D eigenvalue weighted by Crippen LogP contribution is -2.40. The summed E-state index contributed by atoms with van der Waals surface area (Å²) < 4.78 is 16.0. The number of aromatic nitrogens is 1. The van der Waals surface area contributed by atoms with Gasteiger partial charge in [0.15, 0.2) is 0 Å². The zero-order valence-corrected chi connectivity index (χ0v) is 16.2. The number of hydrogen-bond acceptors (Lipinski definition) is 6. The first-order chi connectivity index (χ1) is 13.6. The Morgan fingerprint density at radius 1 is 1.21 bits per heavy atom. The van der Waals surface area contributed by atoms with E-state index in [4.69, 9.17) is 14.2 Å². The summed E-state index contributed by atoms with van der Waals surface area (Å²) in [6.07, 6.45) is 0.831. The number of benzene rings is 1. The van der Waals surface area contributed by atoms with Crippen LogP contribution in [0.4, 0.5) is 4.79 Å². The molecular formula is C20H27N3O5. The second-order valence-electron chi connectivity index (χ2n) is 5.98. The van der Waals surface area contributed by atoms with Gasteiger partial charge in [-0.25, -0.2) is 9.78 Å². The molecular weight excluding hydrogens is 362 g/mol. The van der Waals surface area contributed by atoms with Crippen LogP contribution >= 0.6 is 0 Å². The average Bonchev–Trinajstić information content (AvgIpc) is 2.72. The number of carbonyl (C=O) groups excluding carboxylic acids is 1. The smallest absolute Gasteiger partial charge is 0.315 e. The first-order valence-corrected chi connectivity index (χ1v) is 9.09. The van der Waals surface area contributed by atoms with Gasteiger partial charge in [-0.1, -0.05) is 18.2 Å². The summed E-state index contributed by atoms with van der Waals surface area (Å²) in [5.41, 5.74) is 1.75. The van der Waals surface area contributed by atoms with Crippen LogP contribution < -0.4 is 20.1 Å². The Hall–Kier alpha value is -2.84. The molecule has 0 aliphatic carbocycles. The first-order valence-electron chi connectivity index (χ1n) is 9.09. The monoisotopic (exact) mass is 389 g/mol. The van der Waals surface area contributed by atoms with E-state index in [1.54, 1.807) is 19.4 Å². The van der Waals surface area contributed by atoms with Gasteiger partial charge in [0.25, 0.3) is 0 Å². The molecule has 1 aromatic heterocycles. The fourth-order valence-electron chi connectivity index (χ4n) is 2.37. The van der Waals surface area contributed by atoms with Crippen molar-refractivity contribution in [3.63, 3.8) is 0 Å². The quantitative estimate of drug-likeness (QED) is 0.542. The molecule has 3 N–H and O–H groups in total. The summed E-state index contributed by atoms with van der Waals surface area (Å²) in [6, 6.07) is 10.7. The largest absolute Gasteiger partial charge is 0.497 e. The van der Waals surface area contributed by atoms with Crippen LogP contribution in [-0.4, -0.2) is 49.1 Å². The van der Waals surface area contributed by atoms with Gasteiger partial charge in [-0.3, -0.25) is 0 Å². The molecule has 0 aliphatic rings. The zero-order chi connectivity index (χ0) is 20.2. The van der Waals surface area contributed by atoms with Crippen molar-refractivity contribution in [1.82, 2.24) is 15.6 Å². The van der Waals surface area contributed by atoms with Crippen LogP contribution in [0.5, 0.6) is 11.6 Å². The Morgan fingerprint density at radius 2 is 2.00 bits per heavy atom. The van der Waals surface area contributed by atoms with Crippen molar-refractivity contribution in [3.05, 3.63) is 53.7 Å². The lowest BCUT2D eigenvalue weighted by atomic mass is 10.2. The van der Waals surface area contributed by atoms with E-state index in [9.17, 15) is 9.90 Å². The normalized spacial score (nSPS) is 11.5. The predicted molar refractivity (Wildman–Crippen MR) is 104 cm³/mol. The third-order valence-electron chi connectivity index (χ3n) is 3.81. The molecule has 152 valence electrons. The van der Waals surface area contributed by atoms with E-state index >= 15 is 0 Å². The van der Waals surface area contributed by atoms with Gasteiger partial charge >= 0.3 is 6.03 Å². The number of aliphatic hydroxyl groups excluding tert-OH is 1. The molecule has 2 rings (SSSR count). The van der Waals surface area contributed by atoms with Crippen molar-refractivity contribution in [2.24, 2.45) is 0 Å². The third kappa shape index (κ3) is 7.42. The topological polar surface area (TPSA) is 102 Å². The summed E-state index contributed by atoms with van der Waals surface area (Å²) in [5.74, 6) is 1.27. The standard InChI is InChI=1S/C20H27N3O5/c1-3-28-19-16(5-4-10-21-19)11-22-20(25)23-12-17(24)14-27-13-15-6-8-18(26-2)9-7-15/h4-10,17,24H,3,11-14H2,1-2H3,(H2,22,23,25). The number of methoxy groups -OCH3 is 1. The highest BCUT2D eigenvalue weighted by molar-refractivity contribution is 5.73. The molecule has 1 aromatic carbocycles.